The number of benzene rings is 2. The van der Waals surface area contributed by atoms with Crippen molar-refractivity contribution in [3.63, 3.8) is 0 Å². The van der Waals surface area contributed by atoms with Gasteiger partial charge in [-0.25, -0.2) is 4.79 Å². The second-order valence-corrected chi connectivity index (χ2v) is 15.9. The van der Waals surface area contributed by atoms with E-state index in [-0.39, 0.29) is 23.2 Å². The van der Waals surface area contributed by atoms with Gasteiger partial charge in [0.1, 0.15) is 12.4 Å². The number of carbonyl (C=O) groups excluding carboxylic acids is 1. The van der Waals surface area contributed by atoms with Crippen molar-refractivity contribution in [1.82, 2.24) is 5.32 Å². The summed E-state index contributed by atoms with van der Waals surface area (Å²) >= 11 is 6.12. The third-order valence-electron chi connectivity index (χ3n) is 7.22. The van der Waals surface area contributed by atoms with Crippen molar-refractivity contribution < 1.29 is 14.0 Å². The average Bonchev–Trinajstić information content (AvgIpc) is 2.73. The molecule has 178 valence electrons. The number of hydrogen-bond donors (Lipinski definition) is 2. The highest BCUT2D eigenvalue weighted by molar-refractivity contribution is 6.74. The van der Waals surface area contributed by atoms with Gasteiger partial charge in [-0.1, -0.05) is 44.5 Å². The van der Waals surface area contributed by atoms with E-state index in [4.69, 9.17) is 20.8 Å². The number of ether oxygens (including phenoxy) is 1. The summed E-state index contributed by atoms with van der Waals surface area (Å²) in [5.41, 5.74) is 4.38. The maximum atomic E-state index is 12.9. The van der Waals surface area contributed by atoms with Crippen LogP contribution in [0.5, 0.6) is 5.75 Å². The van der Waals surface area contributed by atoms with Crippen LogP contribution in [0, 0.1) is 0 Å². The van der Waals surface area contributed by atoms with E-state index in [1.54, 1.807) is 0 Å². The molecule has 0 aromatic heterocycles. The molecule has 2 aliphatic rings. The number of amides is 2. The SMILES string of the molecule is CC(C)(C)[Si](C)(C)OC1CCc2cccc(NC(=O)NC3COc4ccc(Cl)cc4C3)c2C1. The first-order valence-electron chi connectivity index (χ1n) is 11.8. The second kappa shape index (κ2) is 9.32. The van der Waals surface area contributed by atoms with Crippen molar-refractivity contribution in [3.8, 4) is 5.75 Å². The molecule has 2 amide bonds. The summed E-state index contributed by atoms with van der Waals surface area (Å²) in [7, 11) is -1.85. The number of hydrogen-bond acceptors (Lipinski definition) is 3. The zero-order valence-electron chi connectivity index (χ0n) is 20.3. The molecule has 0 saturated carbocycles. The van der Waals surface area contributed by atoms with Gasteiger partial charge in [-0.3, -0.25) is 0 Å². The monoisotopic (exact) mass is 486 g/mol. The van der Waals surface area contributed by atoms with Gasteiger partial charge in [0.15, 0.2) is 8.32 Å². The standard InChI is InChI=1S/C26H35ClN2O3Si/c1-26(2,3)33(4,5)32-21-11-9-17-7-6-8-23(22(17)15-21)29-25(30)28-20-14-18-13-19(27)10-12-24(18)31-16-20/h6-8,10,12-13,20-21H,9,11,14-16H2,1-5H3,(H2,28,29,30). The first kappa shape index (κ1) is 24.1. The predicted octanol–water partition coefficient (Wildman–Crippen LogP) is 6.34. The minimum Gasteiger partial charge on any atom is -0.491 e. The van der Waals surface area contributed by atoms with E-state index in [1.165, 1.54) is 11.1 Å². The third-order valence-corrected chi connectivity index (χ3v) is 12.0. The second-order valence-electron chi connectivity index (χ2n) is 10.7. The highest BCUT2D eigenvalue weighted by atomic mass is 35.5. The molecule has 0 radical (unpaired) electrons. The number of halogens is 1. The van der Waals surface area contributed by atoms with Gasteiger partial charge in [-0.05, 0) is 84.8 Å². The van der Waals surface area contributed by atoms with Crippen molar-refractivity contribution in [1.29, 1.82) is 0 Å². The van der Waals surface area contributed by atoms with Gasteiger partial charge in [0.2, 0.25) is 0 Å². The lowest BCUT2D eigenvalue weighted by atomic mass is 9.88. The molecule has 0 spiro atoms. The average molecular weight is 487 g/mol. The Labute approximate surface area is 203 Å². The summed E-state index contributed by atoms with van der Waals surface area (Å²) in [5, 5.41) is 7.00. The maximum Gasteiger partial charge on any atom is 0.319 e. The fourth-order valence-corrected chi connectivity index (χ4v) is 5.95. The molecule has 0 fully saturated rings. The molecular formula is C26H35ClN2O3Si. The van der Waals surface area contributed by atoms with Gasteiger partial charge in [-0.2, -0.15) is 0 Å². The number of carbonyl (C=O) groups is 1. The zero-order chi connectivity index (χ0) is 23.8. The van der Waals surface area contributed by atoms with Crippen LogP contribution >= 0.6 is 11.6 Å². The lowest BCUT2D eigenvalue weighted by Gasteiger charge is -2.40. The van der Waals surface area contributed by atoms with Gasteiger partial charge >= 0.3 is 6.03 Å². The fourth-order valence-electron chi connectivity index (χ4n) is 4.37. The Morgan fingerprint density at radius 3 is 2.70 bits per heavy atom. The van der Waals surface area contributed by atoms with Crippen molar-refractivity contribution in [2.45, 2.75) is 76.7 Å². The Balaban J connectivity index is 1.41. The Hall–Kier alpha value is -2.02. The van der Waals surface area contributed by atoms with Crippen molar-refractivity contribution in [2.75, 3.05) is 11.9 Å². The summed E-state index contributed by atoms with van der Waals surface area (Å²) in [6, 6.07) is 11.5. The minimum absolute atomic E-state index is 0.106. The maximum absolute atomic E-state index is 12.9. The molecular weight excluding hydrogens is 452 g/mol. The van der Waals surface area contributed by atoms with Gasteiger partial charge in [0.25, 0.3) is 0 Å². The topological polar surface area (TPSA) is 59.6 Å². The summed E-state index contributed by atoms with van der Waals surface area (Å²) in [4.78, 5) is 12.9. The Kier molecular flexibility index (Phi) is 6.81. The van der Waals surface area contributed by atoms with Crippen LogP contribution in [-0.2, 0) is 23.7 Å². The smallest absolute Gasteiger partial charge is 0.319 e. The Morgan fingerprint density at radius 2 is 1.94 bits per heavy atom. The number of anilines is 1. The van der Waals surface area contributed by atoms with Crippen LogP contribution in [0.1, 0.15) is 43.9 Å². The van der Waals surface area contributed by atoms with E-state index in [1.807, 2.05) is 30.3 Å². The zero-order valence-corrected chi connectivity index (χ0v) is 22.0. The third kappa shape index (κ3) is 5.56. The van der Waals surface area contributed by atoms with Crippen molar-refractivity contribution in [2.24, 2.45) is 0 Å². The highest BCUT2D eigenvalue weighted by Gasteiger charge is 2.40. The molecule has 0 bridgehead atoms. The van der Waals surface area contributed by atoms with E-state index in [9.17, 15) is 4.79 Å². The number of fused-ring (bicyclic) bond motifs is 2. The molecule has 0 saturated heterocycles. The van der Waals surface area contributed by atoms with E-state index in [2.05, 4.69) is 50.6 Å². The Bertz CT molecular complexity index is 1030. The van der Waals surface area contributed by atoms with E-state index in [0.717, 1.165) is 36.3 Å². The van der Waals surface area contributed by atoms with Crippen molar-refractivity contribution >= 4 is 31.6 Å². The number of rotatable bonds is 4. The molecule has 1 aliphatic carbocycles. The summed E-state index contributed by atoms with van der Waals surface area (Å²) in [6.07, 6.45) is 3.71. The lowest BCUT2D eigenvalue weighted by Crippen LogP contribution is -2.45. The van der Waals surface area contributed by atoms with E-state index in [0.29, 0.717) is 18.1 Å². The largest absolute Gasteiger partial charge is 0.491 e. The number of urea groups is 1. The molecule has 33 heavy (non-hydrogen) atoms. The molecule has 4 rings (SSSR count). The molecule has 2 N–H and O–H groups in total. The molecule has 2 atom stereocenters. The molecule has 2 aromatic carbocycles. The summed E-state index contributed by atoms with van der Waals surface area (Å²) in [5.74, 6) is 0.836. The molecule has 1 aliphatic heterocycles. The van der Waals surface area contributed by atoms with Crippen LogP contribution in [0.15, 0.2) is 36.4 Å². The van der Waals surface area contributed by atoms with Gasteiger partial charge in [0.05, 0.1) is 6.04 Å². The van der Waals surface area contributed by atoms with Crippen LogP contribution in [-0.4, -0.2) is 33.1 Å². The van der Waals surface area contributed by atoms with Gasteiger partial charge in [0, 0.05) is 16.8 Å². The number of nitrogens with one attached hydrogen (secondary N) is 2. The van der Waals surface area contributed by atoms with E-state index < -0.39 is 8.32 Å². The fraction of sp³-hybridized carbons (Fsp3) is 0.500. The van der Waals surface area contributed by atoms with Crippen LogP contribution in [0.3, 0.4) is 0 Å². The summed E-state index contributed by atoms with van der Waals surface area (Å²) in [6.45, 7) is 11.9. The Morgan fingerprint density at radius 1 is 1.15 bits per heavy atom. The predicted molar refractivity (Wildman–Crippen MR) is 137 cm³/mol. The molecule has 2 aromatic rings. The summed E-state index contributed by atoms with van der Waals surface area (Å²) < 4.78 is 12.5. The molecule has 1 heterocycles. The molecule has 2 unspecified atom stereocenters. The normalized spacial score (nSPS) is 20.3. The first-order valence-corrected chi connectivity index (χ1v) is 15.1. The first-order chi connectivity index (χ1) is 15.5. The number of aryl methyl sites for hydroxylation is 1. The van der Waals surface area contributed by atoms with Crippen LogP contribution < -0.4 is 15.4 Å². The quantitative estimate of drug-likeness (QED) is 0.495. The lowest BCUT2D eigenvalue weighted by molar-refractivity contribution is 0.165. The highest BCUT2D eigenvalue weighted by Crippen LogP contribution is 2.39. The van der Waals surface area contributed by atoms with Crippen molar-refractivity contribution in [3.05, 3.63) is 58.1 Å². The van der Waals surface area contributed by atoms with Crippen LogP contribution in [0.2, 0.25) is 23.2 Å². The van der Waals surface area contributed by atoms with Crippen LogP contribution in [0.25, 0.3) is 0 Å². The van der Waals surface area contributed by atoms with Crippen LogP contribution in [0.4, 0.5) is 10.5 Å². The van der Waals surface area contributed by atoms with Gasteiger partial charge < -0.3 is 19.8 Å². The molecule has 5 nitrogen and oxygen atoms in total. The minimum atomic E-state index is -1.85. The van der Waals surface area contributed by atoms with E-state index >= 15 is 0 Å². The van der Waals surface area contributed by atoms with Gasteiger partial charge in [-0.15, -0.1) is 0 Å². The molecule has 7 heteroatoms.